The van der Waals surface area contributed by atoms with E-state index < -0.39 is 0 Å². The fourth-order valence-corrected chi connectivity index (χ4v) is 3.31. The van der Waals surface area contributed by atoms with Crippen molar-refractivity contribution in [1.82, 2.24) is 5.32 Å². The Labute approximate surface area is 137 Å². The Morgan fingerprint density at radius 2 is 2.19 bits per heavy atom. The largest absolute Gasteiger partial charge is 0.383 e. The van der Waals surface area contributed by atoms with Crippen LogP contribution in [0.15, 0.2) is 22.7 Å². The number of nitrogens with zero attached hydrogens (tertiary/aromatic N) is 1. The van der Waals surface area contributed by atoms with Crippen molar-refractivity contribution >= 4 is 21.6 Å². The molecule has 0 radical (unpaired) electrons. The van der Waals surface area contributed by atoms with E-state index in [1.54, 1.807) is 7.11 Å². The number of methoxy groups -OCH3 is 1. The lowest BCUT2D eigenvalue weighted by molar-refractivity contribution is 0.199. The minimum Gasteiger partial charge on any atom is -0.383 e. The smallest absolute Gasteiger partial charge is 0.0587 e. The van der Waals surface area contributed by atoms with Crippen molar-refractivity contribution in [1.29, 1.82) is 0 Å². The number of hydrogen-bond acceptors (Lipinski definition) is 3. The van der Waals surface area contributed by atoms with Gasteiger partial charge >= 0.3 is 0 Å². The first-order valence-corrected chi connectivity index (χ1v) is 8.73. The topological polar surface area (TPSA) is 24.5 Å². The van der Waals surface area contributed by atoms with Gasteiger partial charge in [0.1, 0.15) is 0 Å². The summed E-state index contributed by atoms with van der Waals surface area (Å²) in [5, 5.41) is 3.46. The number of benzene rings is 1. The maximum absolute atomic E-state index is 5.10. The van der Waals surface area contributed by atoms with E-state index in [0.717, 1.165) is 30.1 Å². The Hall–Kier alpha value is -0.580. The van der Waals surface area contributed by atoms with Crippen molar-refractivity contribution in [2.24, 2.45) is 5.92 Å². The summed E-state index contributed by atoms with van der Waals surface area (Å²) in [6.45, 7) is 7.26. The lowest BCUT2D eigenvalue weighted by Gasteiger charge is -2.26. The van der Waals surface area contributed by atoms with E-state index in [-0.39, 0.29) is 0 Å². The number of nitrogens with one attached hydrogen (secondary N) is 1. The minimum absolute atomic E-state index is 0.755. The zero-order valence-corrected chi connectivity index (χ0v) is 14.8. The van der Waals surface area contributed by atoms with Crippen molar-refractivity contribution in [2.75, 3.05) is 38.3 Å². The monoisotopic (exact) mass is 354 g/mol. The van der Waals surface area contributed by atoms with Crippen LogP contribution in [-0.4, -0.2) is 33.4 Å². The van der Waals surface area contributed by atoms with Crippen molar-refractivity contribution < 1.29 is 4.74 Å². The van der Waals surface area contributed by atoms with Gasteiger partial charge in [-0.2, -0.15) is 0 Å². The van der Waals surface area contributed by atoms with Gasteiger partial charge in [0.05, 0.1) is 6.61 Å². The summed E-state index contributed by atoms with van der Waals surface area (Å²) < 4.78 is 6.25. The quantitative estimate of drug-likeness (QED) is 0.786. The normalized spacial score (nSPS) is 19.6. The van der Waals surface area contributed by atoms with Crippen molar-refractivity contribution in [3.63, 3.8) is 0 Å². The van der Waals surface area contributed by atoms with Crippen LogP contribution in [0.5, 0.6) is 0 Å². The number of halogens is 1. The van der Waals surface area contributed by atoms with E-state index >= 15 is 0 Å². The first-order chi connectivity index (χ1) is 10.2. The molecule has 0 aliphatic carbocycles. The molecule has 1 fully saturated rings. The van der Waals surface area contributed by atoms with Gasteiger partial charge in [0, 0.05) is 43.4 Å². The molecule has 1 heterocycles. The van der Waals surface area contributed by atoms with Crippen LogP contribution in [0.4, 0.5) is 5.69 Å². The predicted octanol–water partition coefficient (Wildman–Crippen LogP) is 3.81. The first-order valence-electron chi connectivity index (χ1n) is 7.93. The molecule has 1 aromatic rings. The molecule has 1 unspecified atom stereocenters. The molecule has 0 aromatic heterocycles. The lowest BCUT2D eigenvalue weighted by Crippen LogP contribution is -2.27. The molecule has 1 aromatic carbocycles. The summed E-state index contributed by atoms with van der Waals surface area (Å²) in [6.07, 6.45) is 3.95. The van der Waals surface area contributed by atoms with E-state index in [1.165, 1.54) is 43.6 Å². The van der Waals surface area contributed by atoms with Crippen molar-refractivity contribution in [3.05, 3.63) is 28.2 Å². The third-order valence-corrected chi connectivity index (χ3v) is 4.69. The maximum atomic E-state index is 5.10. The molecule has 1 atom stereocenters. The highest BCUT2D eigenvalue weighted by atomic mass is 79.9. The maximum Gasteiger partial charge on any atom is 0.0587 e. The molecule has 1 N–H and O–H groups in total. The van der Waals surface area contributed by atoms with Gasteiger partial charge in [-0.25, -0.2) is 0 Å². The first kappa shape index (κ1) is 16.8. The molecular formula is C17H27BrN2O. The fourth-order valence-electron chi connectivity index (χ4n) is 2.91. The third-order valence-electron chi connectivity index (χ3n) is 4.20. The molecule has 3 nitrogen and oxygen atoms in total. The fraction of sp³-hybridized carbons (Fsp3) is 0.647. The zero-order chi connectivity index (χ0) is 15.1. The van der Waals surface area contributed by atoms with E-state index in [1.807, 2.05) is 0 Å². The van der Waals surface area contributed by atoms with Crippen LogP contribution >= 0.6 is 15.9 Å². The van der Waals surface area contributed by atoms with Crippen LogP contribution in [0.3, 0.4) is 0 Å². The van der Waals surface area contributed by atoms with Crippen LogP contribution in [0, 0.1) is 5.92 Å². The van der Waals surface area contributed by atoms with Crippen molar-refractivity contribution in [3.8, 4) is 0 Å². The predicted molar refractivity (Wildman–Crippen MR) is 93.0 cm³/mol. The molecule has 118 valence electrons. The average Bonchev–Trinajstić information content (AvgIpc) is 2.69. The molecule has 0 amide bonds. The molecule has 1 aliphatic heterocycles. The summed E-state index contributed by atoms with van der Waals surface area (Å²) in [5.74, 6) is 0.855. The highest BCUT2D eigenvalue weighted by Crippen LogP contribution is 2.28. The second kappa shape index (κ2) is 8.76. The summed E-state index contributed by atoms with van der Waals surface area (Å²) in [7, 11) is 1.74. The summed E-state index contributed by atoms with van der Waals surface area (Å²) >= 11 is 3.60. The van der Waals surface area contributed by atoms with E-state index in [0.29, 0.717) is 0 Å². The van der Waals surface area contributed by atoms with Gasteiger partial charge in [-0.1, -0.05) is 22.9 Å². The Morgan fingerprint density at radius 1 is 1.33 bits per heavy atom. The van der Waals surface area contributed by atoms with Gasteiger partial charge in [0.15, 0.2) is 0 Å². The van der Waals surface area contributed by atoms with Gasteiger partial charge in [0.25, 0.3) is 0 Å². The molecule has 21 heavy (non-hydrogen) atoms. The zero-order valence-electron chi connectivity index (χ0n) is 13.2. The summed E-state index contributed by atoms with van der Waals surface area (Å²) in [4.78, 5) is 2.56. The average molecular weight is 355 g/mol. The van der Waals surface area contributed by atoms with Gasteiger partial charge in [0.2, 0.25) is 0 Å². The van der Waals surface area contributed by atoms with E-state index in [2.05, 4.69) is 51.3 Å². The SMILES string of the molecule is COCCNCc1cc(Br)ccc1N1CCCC(C)CC1. The highest BCUT2D eigenvalue weighted by molar-refractivity contribution is 9.10. The Morgan fingerprint density at radius 3 is 3.00 bits per heavy atom. The van der Waals surface area contributed by atoms with Gasteiger partial charge in [-0.05, 0) is 48.9 Å². The molecule has 0 spiro atoms. The third kappa shape index (κ3) is 5.28. The van der Waals surface area contributed by atoms with Crippen LogP contribution in [0.2, 0.25) is 0 Å². The van der Waals surface area contributed by atoms with E-state index in [9.17, 15) is 0 Å². The van der Waals surface area contributed by atoms with E-state index in [4.69, 9.17) is 4.74 Å². The molecule has 1 saturated heterocycles. The molecule has 2 rings (SSSR count). The van der Waals surface area contributed by atoms with Gasteiger partial charge in [-0.3, -0.25) is 0 Å². The standard InChI is InChI=1S/C17H27BrN2O/c1-14-4-3-9-20(10-7-14)17-6-5-16(18)12-15(17)13-19-8-11-21-2/h5-6,12,14,19H,3-4,7-11,13H2,1-2H3. The molecule has 4 heteroatoms. The number of rotatable bonds is 6. The molecular weight excluding hydrogens is 328 g/mol. The number of anilines is 1. The minimum atomic E-state index is 0.755. The molecule has 0 bridgehead atoms. The van der Waals surface area contributed by atoms with Crippen LogP contribution in [0.25, 0.3) is 0 Å². The molecule has 0 saturated carbocycles. The summed E-state index contributed by atoms with van der Waals surface area (Å²) in [6, 6.07) is 6.65. The lowest BCUT2D eigenvalue weighted by atomic mass is 10.0. The molecule has 1 aliphatic rings. The highest BCUT2D eigenvalue weighted by Gasteiger charge is 2.16. The Bertz CT molecular complexity index is 439. The van der Waals surface area contributed by atoms with Gasteiger partial charge in [-0.15, -0.1) is 0 Å². The Kier molecular flexibility index (Phi) is 7.00. The number of hydrogen-bond donors (Lipinski definition) is 1. The van der Waals surface area contributed by atoms with Crippen LogP contribution in [-0.2, 0) is 11.3 Å². The Balaban J connectivity index is 2.06. The van der Waals surface area contributed by atoms with Gasteiger partial charge < -0.3 is 15.0 Å². The van der Waals surface area contributed by atoms with Crippen LogP contribution < -0.4 is 10.2 Å². The van der Waals surface area contributed by atoms with Crippen molar-refractivity contribution in [2.45, 2.75) is 32.7 Å². The summed E-state index contributed by atoms with van der Waals surface area (Å²) in [5.41, 5.74) is 2.76. The van der Waals surface area contributed by atoms with Crippen LogP contribution in [0.1, 0.15) is 31.7 Å². The second-order valence-corrected chi connectivity index (χ2v) is 6.88. The number of ether oxygens (including phenoxy) is 1. The second-order valence-electron chi connectivity index (χ2n) is 5.97.